The molecule has 1 aliphatic rings. The highest BCUT2D eigenvalue weighted by Crippen LogP contribution is 2.38. The first kappa shape index (κ1) is 22.0. The number of aromatic nitrogens is 2. The van der Waals surface area contributed by atoms with Gasteiger partial charge in [0, 0.05) is 23.2 Å². The van der Waals surface area contributed by atoms with Gasteiger partial charge in [0.1, 0.15) is 6.54 Å². The third-order valence-electron chi connectivity index (χ3n) is 5.22. The highest BCUT2D eigenvalue weighted by atomic mass is 35.5. The Morgan fingerprint density at radius 3 is 2.47 bits per heavy atom. The summed E-state index contributed by atoms with van der Waals surface area (Å²) in [6.45, 7) is 7.10. The molecule has 1 aromatic carbocycles. The second-order valence-corrected chi connectivity index (χ2v) is 9.08. The molecule has 1 saturated heterocycles. The van der Waals surface area contributed by atoms with Crippen molar-refractivity contribution in [2.24, 2.45) is 0 Å². The lowest BCUT2D eigenvalue weighted by Gasteiger charge is -2.54. The molecule has 0 spiro atoms. The lowest BCUT2D eigenvalue weighted by molar-refractivity contribution is -0.384. The number of amides is 1. The van der Waals surface area contributed by atoms with Gasteiger partial charge in [0.15, 0.2) is 0 Å². The zero-order valence-corrected chi connectivity index (χ0v) is 17.8. The van der Waals surface area contributed by atoms with Crippen LogP contribution in [0.15, 0.2) is 27.4 Å². The monoisotopic (exact) mass is 438 g/mol. The molecule has 11 heteroatoms. The molecule has 0 unspecified atom stereocenters. The molecule has 0 aliphatic carbocycles. The highest BCUT2D eigenvalue weighted by Gasteiger charge is 2.47. The molecule has 1 aliphatic heterocycles. The van der Waals surface area contributed by atoms with Gasteiger partial charge in [-0.25, -0.2) is 4.79 Å². The lowest BCUT2D eigenvalue weighted by atomic mass is 9.78. The Bertz CT molecular complexity index is 1040. The van der Waals surface area contributed by atoms with E-state index in [4.69, 9.17) is 16.0 Å². The van der Waals surface area contributed by atoms with Crippen LogP contribution < -0.4 is 5.76 Å². The standard InChI is InChI=1S/C19H23ClN4O6/c1-18(2)8-12(25)9-19(3,4)23(18)15(26)10-22-17(27)30-16(21-22)13-6-5-11(24(28)29)7-14(13)20/h5-7,12,25H,8-10H2,1-4H3. The molecule has 1 aromatic heterocycles. The van der Waals surface area contributed by atoms with Crippen LogP contribution in [0, 0.1) is 10.1 Å². The van der Waals surface area contributed by atoms with Gasteiger partial charge in [-0.3, -0.25) is 14.9 Å². The summed E-state index contributed by atoms with van der Waals surface area (Å²) < 4.78 is 6.02. The number of nitro groups is 1. The number of aliphatic hydroxyl groups is 1. The Morgan fingerprint density at radius 2 is 1.93 bits per heavy atom. The summed E-state index contributed by atoms with van der Waals surface area (Å²) >= 11 is 6.07. The first-order chi connectivity index (χ1) is 13.8. The fourth-order valence-corrected chi connectivity index (χ4v) is 4.66. The smallest absolute Gasteiger partial charge is 0.393 e. The highest BCUT2D eigenvalue weighted by molar-refractivity contribution is 6.33. The van der Waals surface area contributed by atoms with E-state index in [-0.39, 0.29) is 34.6 Å². The molecule has 0 bridgehead atoms. The van der Waals surface area contributed by atoms with E-state index in [0.29, 0.717) is 12.8 Å². The summed E-state index contributed by atoms with van der Waals surface area (Å²) in [6, 6.07) is 3.68. The average Bonchev–Trinajstić information content (AvgIpc) is 2.92. The van der Waals surface area contributed by atoms with Crippen molar-refractivity contribution >= 4 is 23.2 Å². The van der Waals surface area contributed by atoms with Crippen LogP contribution in [0.5, 0.6) is 0 Å². The van der Waals surface area contributed by atoms with Gasteiger partial charge >= 0.3 is 5.76 Å². The molecular formula is C19H23ClN4O6. The van der Waals surface area contributed by atoms with Crippen LogP contribution in [0.4, 0.5) is 5.69 Å². The number of carbonyl (C=O) groups is 1. The van der Waals surface area contributed by atoms with E-state index < -0.39 is 27.9 Å². The number of piperidine rings is 1. The van der Waals surface area contributed by atoms with E-state index in [1.807, 2.05) is 27.7 Å². The molecule has 0 radical (unpaired) electrons. The molecule has 10 nitrogen and oxygen atoms in total. The fraction of sp³-hybridized carbons (Fsp3) is 0.526. The number of aliphatic hydroxyl groups excluding tert-OH is 1. The summed E-state index contributed by atoms with van der Waals surface area (Å²) in [5.41, 5.74) is -1.24. The number of benzene rings is 1. The van der Waals surface area contributed by atoms with Gasteiger partial charge in [0.25, 0.3) is 11.6 Å². The van der Waals surface area contributed by atoms with Gasteiger partial charge in [0.05, 0.1) is 21.6 Å². The predicted molar refractivity (Wildman–Crippen MR) is 108 cm³/mol. The third-order valence-corrected chi connectivity index (χ3v) is 5.53. The lowest BCUT2D eigenvalue weighted by Crippen LogP contribution is -2.64. The van der Waals surface area contributed by atoms with Gasteiger partial charge in [-0.1, -0.05) is 11.6 Å². The molecule has 2 aromatic rings. The number of nitrogens with zero attached hydrogens (tertiary/aromatic N) is 4. The van der Waals surface area contributed by atoms with Crippen molar-refractivity contribution in [1.29, 1.82) is 0 Å². The topological polar surface area (TPSA) is 132 Å². The van der Waals surface area contributed by atoms with Crippen molar-refractivity contribution in [3.63, 3.8) is 0 Å². The van der Waals surface area contributed by atoms with Crippen LogP contribution in [0.1, 0.15) is 40.5 Å². The minimum absolute atomic E-state index is 0.00351. The first-order valence-electron chi connectivity index (χ1n) is 9.35. The number of hydrogen-bond acceptors (Lipinski definition) is 7. The predicted octanol–water partition coefficient (Wildman–Crippen LogP) is 2.61. The SMILES string of the molecule is CC1(C)CC(O)CC(C)(C)N1C(=O)Cn1nc(-c2ccc([N+](=O)[O-])cc2Cl)oc1=O. The molecule has 1 amide bonds. The molecule has 1 fully saturated rings. The minimum Gasteiger partial charge on any atom is -0.393 e. The van der Waals surface area contributed by atoms with Crippen molar-refractivity contribution in [3.05, 3.63) is 43.9 Å². The summed E-state index contributed by atoms with van der Waals surface area (Å²) in [6.07, 6.45) is 0.309. The Morgan fingerprint density at radius 1 is 1.33 bits per heavy atom. The van der Waals surface area contributed by atoms with Gasteiger partial charge in [-0.2, -0.15) is 4.68 Å². The van der Waals surface area contributed by atoms with Gasteiger partial charge in [-0.05, 0) is 46.6 Å². The normalized spacial score (nSPS) is 18.4. The Balaban J connectivity index is 1.89. The second kappa shape index (κ2) is 7.51. The first-order valence-corrected chi connectivity index (χ1v) is 9.73. The summed E-state index contributed by atoms with van der Waals surface area (Å²) in [5.74, 6) is -1.32. The summed E-state index contributed by atoms with van der Waals surface area (Å²) in [4.78, 5) is 37.3. The molecule has 1 N–H and O–H groups in total. The number of likely N-dealkylation sites (tertiary alicyclic amines) is 1. The van der Waals surface area contributed by atoms with Crippen molar-refractivity contribution in [2.45, 2.75) is 64.3 Å². The van der Waals surface area contributed by atoms with Crippen molar-refractivity contribution in [3.8, 4) is 11.5 Å². The van der Waals surface area contributed by atoms with Crippen molar-refractivity contribution in [1.82, 2.24) is 14.7 Å². The van der Waals surface area contributed by atoms with Gasteiger partial charge in [0.2, 0.25) is 5.91 Å². The Labute approximate surface area is 177 Å². The zero-order valence-electron chi connectivity index (χ0n) is 17.1. The number of halogens is 1. The number of carbonyl (C=O) groups excluding carboxylic acids is 1. The Hall–Kier alpha value is -2.72. The van der Waals surface area contributed by atoms with Gasteiger partial charge in [-0.15, -0.1) is 5.10 Å². The molecule has 30 heavy (non-hydrogen) atoms. The quantitative estimate of drug-likeness (QED) is 0.573. The van der Waals surface area contributed by atoms with E-state index in [0.717, 1.165) is 10.7 Å². The molecule has 0 atom stereocenters. The largest absolute Gasteiger partial charge is 0.437 e. The Kier molecular flexibility index (Phi) is 5.50. The van der Waals surface area contributed by atoms with Crippen molar-refractivity contribution in [2.75, 3.05) is 0 Å². The van der Waals surface area contributed by atoms with Crippen LogP contribution in [-0.2, 0) is 11.3 Å². The maximum absolute atomic E-state index is 13.1. The molecular weight excluding hydrogens is 416 g/mol. The van der Waals surface area contributed by atoms with Gasteiger partial charge < -0.3 is 14.4 Å². The number of hydrogen-bond donors (Lipinski definition) is 1. The number of rotatable bonds is 4. The van der Waals surface area contributed by atoms with Crippen molar-refractivity contribution < 1.29 is 19.2 Å². The average molecular weight is 439 g/mol. The van der Waals surface area contributed by atoms with E-state index in [2.05, 4.69) is 5.10 Å². The molecule has 0 saturated carbocycles. The minimum atomic E-state index is -0.847. The van der Waals surface area contributed by atoms with E-state index in [9.17, 15) is 24.8 Å². The van der Waals surface area contributed by atoms with Crippen LogP contribution in [0.25, 0.3) is 11.5 Å². The second-order valence-electron chi connectivity index (χ2n) is 8.67. The summed E-state index contributed by atoms with van der Waals surface area (Å²) in [5, 5.41) is 25.0. The fourth-order valence-electron chi connectivity index (χ4n) is 4.41. The van der Waals surface area contributed by atoms with E-state index in [1.165, 1.54) is 12.1 Å². The maximum atomic E-state index is 13.1. The van der Waals surface area contributed by atoms with Crippen LogP contribution in [0.2, 0.25) is 5.02 Å². The zero-order chi connectivity index (χ0) is 22.4. The maximum Gasteiger partial charge on any atom is 0.437 e. The third kappa shape index (κ3) is 4.10. The number of nitro benzene ring substituents is 1. The molecule has 162 valence electrons. The van der Waals surface area contributed by atoms with Crippen LogP contribution in [-0.4, -0.2) is 47.8 Å². The molecule has 3 rings (SSSR count). The number of non-ortho nitro benzene ring substituents is 1. The van der Waals surface area contributed by atoms with E-state index >= 15 is 0 Å². The van der Waals surface area contributed by atoms with E-state index in [1.54, 1.807) is 4.90 Å². The van der Waals surface area contributed by atoms with Crippen LogP contribution in [0.3, 0.4) is 0 Å². The van der Waals surface area contributed by atoms with Crippen LogP contribution >= 0.6 is 11.6 Å². The summed E-state index contributed by atoms with van der Waals surface area (Å²) in [7, 11) is 0. The molecule has 2 heterocycles.